The molecule has 2 unspecified atom stereocenters. The maximum Gasteiger partial charge on any atom is 4.00 e. The van der Waals surface area contributed by atoms with Crippen LogP contribution in [0.3, 0.4) is 0 Å². The zero-order valence-electron chi connectivity index (χ0n) is 26.0. The van der Waals surface area contributed by atoms with Crippen molar-refractivity contribution in [1.82, 2.24) is 4.98 Å². The van der Waals surface area contributed by atoms with Crippen molar-refractivity contribution in [3.8, 4) is 0 Å². The molecule has 0 fully saturated rings. The predicted octanol–water partition coefficient (Wildman–Crippen LogP) is 10.2. The predicted molar refractivity (Wildman–Crippen MR) is 180 cm³/mol. The molecule has 1 N–H and O–H groups in total. The Hall–Kier alpha value is -3.48. The largest absolute Gasteiger partial charge is 4.00 e. The number of hydrogen-bond donors (Lipinski definition) is 0. The van der Waals surface area contributed by atoms with Gasteiger partial charge in [-0.1, -0.05) is 139 Å². The number of aromatic nitrogens is 1. The zero-order valence-corrected chi connectivity index (χ0v) is 28.5. The normalized spacial score (nSPS) is 11.7. The molecule has 5 nitrogen and oxygen atoms in total. The minimum absolute atomic E-state index is 0. The van der Waals surface area contributed by atoms with Gasteiger partial charge in [-0.2, -0.15) is 0 Å². The van der Waals surface area contributed by atoms with E-state index in [2.05, 4.69) is 54.7 Å². The summed E-state index contributed by atoms with van der Waals surface area (Å²) in [4.78, 5) is 3.93. The van der Waals surface area contributed by atoms with Crippen molar-refractivity contribution in [2.75, 3.05) is 0 Å². The van der Waals surface area contributed by atoms with Gasteiger partial charge in [0.05, 0.1) is 0 Å². The van der Waals surface area contributed by atoms with Gasteiger partial charge < -0.3 is 17.9 Å². The first kappa shape index (κ1) is 38.5. The molecule has 0 radical (unpaired) electrons. The molecule has 1 heterocycles. The van der Waals surface area contributed by atoms with E-state index in [0.717, 1.165) is 11.1 Å². The molecule has 2 atom stereocenters. The van der Waals surface area contributed by atoms with Crippen LogP contribution in [-0.4, -0.2) is 13.4 Å². The number of benzene rings is 4. The molecule has 0 aliphatic heterocycles. The Kier molecular flexibility index (Phi) is 17.3. The van der Waals surface area contributed by atoms with E-state index in [0.29, 0.717) is 11.5 Å². The molecule has 44 heavy (non-hydrogen) atoms. The van der Waals surface area contributed by atoms with E-state index in [4.69, 9.17) is 5.73 Å². The Morgan fingerprint density at radius 2 is 1.05 bits per heavy atom. The van der Waals surface area contributed by atoms with Crippen molar-refractivity contribution in [3.63, 3.8) is 0 Å². The summed E-state index contributed by atoms with van der Waals surface area (Å²) in [5, 5.41) is 0. The quantitative estimate of drug-likeness (QED) is 0.126. The van der Waals surface area contributed by atoms with Crippen LogP contribution in [0.5, 0.6) is 0 Å². The van der Waals surface area contributed by atoms with Crippen LogP contribution in [0.1, 0.15) is 59.7 Å². The summed E-state index contributed by atoms with van der Waals surface area (Å²) in [6, 6.07) is 37.7. The molecule has 0 aliphatic carbocycles. The monoisotopic (exact) mass is 694 g/mol. The summed E-state index contributed by atoms with van der Waals surface area (Å²) in [6.45, 7) is 8.44. The van der Waals surface area contributed by atoms with Gasteiger partial charge in [-0.15, -0.1) is 12.1 Å². The van der Waals surface area contributed by atoms with E-state index in [1.165, 1.54) is 11.1 Å². The van der Waals surface area contributed by atoms with E-state index in [1.54, 1.807) is 36.7 Å². The molecule has 0 amide bonds. The van der Waals surface area contributed by atoms with Gasteiger partial charge in [0.1, 0.15) is 10.0 Å². The third kappa shape index (κ3) is 12.6. The number of nitrogens with one attached hydrogen (secondary N) is 1. The van der Waals surface area contributed by atoms with Crippen LogP contribution in [0.15, 0.2) is 145 Å². The number of rotatable bonds is 7. The van der Waals surface area contributed by atoms with Gasteiger partial charge in [-0.25, -0.2) is 8.42 Å². The first-order valence-corrected chi connectivity index (χ1v) is 15.4. The molecular weight excluding hydrogens is 652 g/mol. The van der Waals surface area contributed by atoms with Crippen LogP contribution >= 0.6 is 0 Å². The van der Waals surface area contributed by atoms with Gasteiger partial charge in [-0.3, -0.25) is 4.98 Å². The molecule has 1 aromatic heterocycles. The molecule has 0 saturated carbocycles. The van der Waals surface area contributed by atoms with Crippen LogP contribution in [0.25, 0.3) is 10.5 Å². The van der Waals surface area contributed by atoms with E-state index in [9.17, 15) is 8.42 Å². The van der Waals surface area contributed by atoms with Crippen molar-refractivity contribution in [3.05, 3.63) is 185 Å². The van der Waals surface area contributed by atoms with Gasteiger partial charge in [-0.05, 0) is 49.6 Å². The first-order chi connectivity index (χ1) is 20.2. The topological polar surface area (TPSA) is 84.9 Å². The van der Waals surface area contributed by atoms with Gasteiger partial charge in [0.2, 0.25) is 0 Å². The standard InChI is InChI=1S/C21H20N2O2S.C10H14.C5H5N.CH3.Ru/c1-16-12-14-19(15-13-16)26(24,25)23-21(18-10-6-3-7-11-18)20(22)17-8-4-2-5-9-17;1-8(2)10-6-4-9(3)5-7-10;1-2-4-6-5-3-1;;/h2-15,20-22H,1H3;4-8H,1-3H3;1-5H;1H3;/q-2;;;-1;+4. The fourth-order valence-corrected chi connectivity index (χ4v) is 5.14. The van der Waals surface area contributed by atoms with Gasteiger partial charge in [0, 0.05) is 17.3 Å². The summed E-state index contributed by atoms with van der Waals surface area (Å²) in [5.41, 5.74) is 13.8. The third-order valence-corrected chi connectivity index (χ3v) is 7.87. The summed E-state index contributed by atoms with van der Waals surface area (Å²) < 4.78 is 29.8. The summed E-state index contributed by atoms with van der Waals surface area (Å²) in [6.07, 6.45) is 3.50. The van der Waals surface area contributed by atoms with Crippen molar-refractivity contribution in [2.45, 2.75) is 50.6 Å². The molecule has 7 heteroatoms. The second kappa shape index (κ2) is 19.7. The molecule has 5 aromatic rings. The summed E-state index contributed by atoms with van der Waals surface area (Å²) in [7, 11) is -3.87. The molecule has 0 bridgehead atoms. The average Bonchev–Trinajstić information content (AvgIpc) is 3.02. The average molecular weight is 694 g/mol. The van der Waals surface area contributed by atoms with Gasteiger partial charge >= 0.3 is 19.5 Å². The second-order valence-corrected chi connectivity index (χ2v) is 11.9. The van der Waals surface area contributed by atoms with Crippen LogP contribution in [0.4, 0.5) is 0 Å². The van der Waals surface area contributed by atoms with E-state index >= 15 is 0 Å². The Bertz CT molecular complexity index is 1520. The fourth-order valence-electron chi connectivity index (χ4n) is 3.99. The molecule has 230 valence electrons. The minimum Gasteiger partial charge on any atom is -0.672 e. The molecule has 5 rings (SSSR count). The Morgan fingerprint density at radius 3 is 1.45 bits per heavy atom. The van der Waals surface area contributed by atoms with Crippen molar-refractivity contribution >= 4 is 10.0 Å². The van der Waals surface area contributed by atoms with Crippen LogP contribution in [-0.2, 0) is 29.5 Å². The molecule has 0 spiro atoms. The number of nitrogens with zero attached hydrogens (tertiary/aromatic N) is 2. The van der Waals surface area contributed by atoms with E-state index in [1.807, 2.05) is 85.8 Å². The maximum absolute atomic E-state index is 12.8. The van der Waals surface area contributed by atoms with Crippen LogP contribution in [0.2, 0.25) is 0 Å². The molecule has 0 saturated heterocycles. The van der Waals surface area contributed by atoms with E-state index < -0.39 is 22.1 Å². The van der Waals surface area contributed by atoms with Crippen LogP contribution in [0, 0.1) is 21.3 Å². The van der Waals surface area contributed by atoms with Crippen molar-refractivity contribution in [1.29, 1.82) is 0 Å². The third-order valence-electron chi connectivity index (χ3n) is 6.50. The number of pyridine rings is 1. The van der Waals surface area contributed by atoms with Crippen molar-refractivity contribution in [2.24, 2.45) is 0 Å². The number of sulfonamides is 1. The minimum atomic E-state index is -3.87. The summed E-state index contributed by atoms with van der Waals surface area (Å²) in [5.74, 6) is 0.653. The molecule has 4 aromatic carbocycles. The Labute approximate surface area is 277 Å². The maximum atomic E-state index is 12.8. The number of aryl methyl sites for hydroxylation is 2. The Morgan fingerprint density at radius 1 is 0.614 bits per heavy atom. The Balaban J connectivity index is 0.000000442. The molecule has 0 aliphatic rings. The zero-order chi connectivity index (χ0) is 30.4. The number of hydrogen-bond acceptors (Lipinski definition) is 3. The van der Waals surface area contributed by atoms with E-state index in [-0.39, 0.29) is 31.8 Å². The van der Waals surface area contributed by atoms with Crippen LogP contribution < -0.4 is 0 Å². The van der Waals surface area contributed by atoms with Crippen molar-refractivity contribution < 1.29 is 27.9 Å². The fraction of sp³-hybridized carbons (Fsp3) is 0.189. The molecular formula is C37H42N3O2RuS+. The smallest absolute Gasteiger partial charge is 0.672 e. The second-order valence-electron chi connectivity index (χ2n) is 10.2. The first-order valence-electron chi connectivity index (χ1n) is 13.9. The SMILES string of the molecule is Cc1ccc(C(C)C)cc1.Cc1ccc(S(=O)(=O)[N-]C(c2ccccc2)C([NH-])c2ccccc2)cc1.[CH3-].[Ru+4].c1ccncc1. The van der Waals surface area contributed by atoms with Gasteiger partial charge in [0.15, 0.2) is 0 Å². The summed E-state index contributed by atoms with van der Waals surface area (Å²) >= 11 is 0. The van der Waals surface area contributed by atoms with Gasteiger partial charge in [0.25, 0.3) is 0 Å².